The maximum Gasteiger partial charge on any atom is 0.332 e. The average Bonchev–Trinajstić information content (AvgIpc) is 2.52. The standard InChI is InChI=1S/C19H24O4/c1-4-17(20)13-10-9-12-16(2)11-7-5-6-8-14-18(23-3)15-19(21)22/h4-8,10-11,13-15,20H,2,9,12H2,1,3H3,(H,21,22)/b6-5-,11-7+,13-10-,14-8+,17-4+,18-15-. The molecule has 2 N–H and O–H groups in total. The van der Waals surface area contributed by atoms with Crippen molar-refractivity contribution in [2.24, 2.45) is 0 Å². The molecule has 0 unspecified atom stereocenters. The summed E-state index contributed by atoms with van der Waals surface area (Å²) in [5.74, 6) is -0.525. The maximum absolute atomic E-state index is 10.5. The summed E-state index contributed by atoms with van der Waals surface area (Å²) in [5, 5.41) is 17.8. The van der Waals surface area contributed by atoms with Gasteiger partial charge in [-0.3, -0.25) is 0 Å². The van der Waals surface area contributed by atoms with Crippen LogP contribution in [0.4, 0.5) is 0 Å². The monoisotopic (exact) mass is 316 g/mol. The lowest BCUT2D eigenvalue weighted by molar-refractivity contribution is -0.131. The Balaban J connectivity index is 4.20. The van der Waals surface area contributed by atoms with Crippen LogP contribution in [-0.2, 0) is 9.53 Å². The fourth-order valence-electron chi connectivity index (χ4n) is 1.42. The molecule has 0 heterocycles. The number of methoxy groups -OCH3 is 1. The van der Waals surface area contributed by atoms with Crippen LogP contribution >= 0.6 is 0 Å². The van der Waals surface area contributed by atoms with Gasteiger partial charge in [0.25, 0.3) is 0 Å². The predicted octanol–water partition coefficient (Wildman–Crippen LogP) is 4.62. The Bertz CT molecular complexity index is 558. The van der Waals surface area contributed by atoms with Crippen LogP contribution in [0.5, 0.6) is 0 Å². The van der Waals surface area contributed by atoms with Crippen molar-refractivity contribution in [3.8, 4) is 0 Å². The van der Waals surface area contributed by atoms with E-state index in [2.05, 4.69) is 6.58 Å². The molecule has 0 bridgehead atoms. The van der Waals surface area contributed by atoms with Crippen LogP contribution in [0.15, 0.2) is 84.4 Å². The minimum atomic E-state index is -1.05. The van der Waals surface area contributed by atoms with Crippen LogP contribution in [0.25, 0.3) is 0 Å². The molecule has 0 amide bonds. The van der Waals surface area contributed by atoms with Crippen molar-refractivity contribution in [3.63, 3.8) is 0 Å². The minimum Gasteiger partial charge on any atom is -0.508 e. The summed E-state index contributed by atoms with van der Waals surface area (Å²) in [6.07, 6.45) is 18.4. The topological polar surface area (TPSA) is 66.8 Å². The Morgan fingerprint density at radius 2 is 1.74 bits per heavy atom. The fraction of sp³-hybridized carbons (Fsp3) is 0.211. The molecule has 0 aromatic rings. The third kappa shape index (κ3) is 12.7. The number of carbonyl (C=O) groups is 1. The Labute approximate surface area is 137 Å². The molecule has 0 aromatic heterocycles. The van der Waals surface area contributed by atoms with Crippen LogP contribution in [0.3, 0.4) is 0 Å². The predicted molar refractivity (Wildman–Crippen MR) is 94.0 cm³/mol. The summed E-state index contributed by atoms with van der Waals surface area (Å²) < 4.78 is 4.88. The Morgan fingerprint density at radius 3 is 2.30 bits per heavy atom. The van der Waals surface area contributed by atoms with E-state index in [1.54, 1.807) is 37.3 Å². The smallest absolute Gasteiger partial charge is 0.332 e. The molecule has 0 atom stereocenters. The summed E-state index contributed by atoms with van der Waals surface area (Å²) in [6.45, 7) is 5.71. The number of aliphatic hydroxyl groups excluding tert-OH is 1. The molecule has 0 aliphatic heterocycles. The van der Waals surface area contributed by atoms with E-state index < -0.39 is 5.97 Å². The largest absolute Gasteiger partial charge is 0.508 e. The van der Waals surface area contributed by atoms with Crippen molar-refractivity contribution in [2.45, 2.75) is 19.8 Å². The summed E-state index contributed by atoms with van der Waals surface area (Å²) >= 11 is 0. The summed E-state index contributed by atoms with van der Waals surface area (Å²) in [7, 11) is 1.41. The van der Waals surface area contributed by atoms with Gasteiger partial charge in [0.1, 0.15) is 11.5 Å². The van der Waals surface area contributed by atoms with E-state index in [9.17, 15) is 9.90 Å². The molecule has 4 nitrogen and oxygen atoms in total. The first-order valence-corrected chi connectivity index (χ1v) is 7.19. The number of aliphatic carboxylic acids is 1. The number of carboxylic acid groups (broad SMARTS) is 1. The van der Waals surface area contributed by atoms with E-state index in [1.165, 1.54) is 7.11 Å². The van der Waals surface area contributed by atoms with Gasteiger partial charge in [0.05, 0.1) is 13.2 Å². The highest BCUT2D eigenvalue weighted by Crippen LogP contribution is 2.06. The number of aliphatic hydroxyl groups is 1. The number of hydrogen-bond donors (Lipinski definition) is 2. The zero-order valence-corrected chi connectivity index (χ0v) is 13.6. The van der Waals surface area contributed by atoms with Crippen LogP contribution in [-0.4, -0.2) is 23.3 Å². The Morgan fingerprint density at radius 1 is 1.09 bits per heavy atom. The van der Waals surface area contributed by atoms with Gasteiger partial charge in [-0.1, -0.05) is 48.6 Å². The molecule has 0 aliphatic rings. The molecule has 0 saturated carbocycles. The van der Waals surface area contributed by atoms with E-state index in [-0.39, 0.29) is 11.5 Å². The summed E-state index contributed by atoms with van der Waals surface area (Å²) in [4.78, 5) is 10.5. The molecular formula is C19H24O4. The van der Waals surface area contributed by atoms with Crippen molar-refractivity contribution in [3.05, 3.63) is 84.4 Å². The highest BCUT2D eigenvalue weighted by atomic mass is 16.5. The Hall–Kier alpha value is -2.75. The second kappa shape index (κ2) is 13.0. The molecule has 0 spiro atoms. The van der Waals surface area contributed by atoms with Crippen LogP contribution in [0.2, 0.25) is 0 Å². The van der Waals surface area contributed by atoms with Crippen LogP contribution in [0.1, 0.15) is 19.8 Å². The van der Waals surface area contributed by atoms with E-state index in [1.807, 2.05) is 24.3 Å². The van der Waals surface area contributed by atoms with Crippen LogP contribution in [0, 0.1) is 0 Å². The SMILES string of the molecule is C=C(/C=C/C=C\C=C\C(=C\C(=O)O)OC)CC/C=C\C(O)=C/C. The minimum absolute atomic E-state index is 0.258. The lowest BCUT2D eigenvalue weighted by atomic mass is 10.1. The van der Waals surface area contributed by atoms with Crippen molar-refractivity contribution < 1.29 is 19.7 Å². The molecule has 0 aliphatic carbocycles. The molecule has 0 radical (unpaired) electrons. The molecule has 124 valence electrons. The zero-order valence-electron chi connectivity index (χ0n) is 13.6. The fourth-order valence-corrected chi connectivity index (χ4v) is 1.42. The summed E-state index contributed by atoms with van der Waals surface area (Å²) in [6, 6.07) is 0. The number of allylic oxidation sites excluding steroid dienone is 10. The van der Waals surface area contributed by atoms with Gasteiger partial charge < -0.3 is 14.9 Å². The lowest BCUT2D eigenvalue weighted by Gasteiger charge is -1.96. The first kappa shape index (κ1) is 20.2. The van der Waals surface area contributed by atoms with Gasteiger partial charge in [-0.15, -0.1) is 0 Å². The van der Waals surface area contributed by atoms with Gasteiger partial charge >= 0.3 is 5.97 Å². The van der Waals surface area contributed by atoms with Gasteiger partial charge in [-0.25, -0.2) is 4.79 Å². The number of hydrogen-bond acceptors (Lipinski definition) is 3. The third-order valence-electron chi connectivity index (χ3n) is 2.64. The third-order valence-corrected chi connectivity index (χ3v) is 2.64. The average molecular weight is 316 g/mol. The lowest BCUT2D eigenvalue weighted by Crippen LogP contribution is -1.91. The first-order chi connectivity index (χ1) is 11.0. The highest BCUT2D eigenvalue weighted by Gasteiger charge is 1.93. The van der Waals surface area contributed by atoms with Gasteiger partial charge in [0.2, 0.25) is 0 Å². The number of rotatable bonds is 10. The molecular weight excluding hydrogens is 292 g/mol. The first-order valence-electron chi connectivity index (χ1n) is 7.19. The van der Waals surface area contributed by atoms with E-state index in [0.717, 1.165) is 24.5 Å². The number of ether oxygens (including phenoxy) is 1. The molecule has 0 fully saturated rings. The molecule has 23 heavy (non-hydrogen) atoms. The number of carboxylic acids is 1. The molecule has 0 saturated heterocycles. The van der Waals surface area contributed by atoms with E-state index >= 15 is 0 Å². The van der Waals surface area contributed by atoms with Crippen molar-refractivity contribution in [1.29, 1.82) is 0 Å². The van der Waals surface area contributed by atoms with Gasteiger partial charge in [0.15, 0.2) is 0 Å². The zero-order chi connectivity index (χ0) is 17.5. The van der Waals surface area contributed by atoms with E-state index in [0.29, 0.717) is 0 Å². The van der Waals surface area contributed by atoms with E-state index in [4.69, 9.17) is 9.84 Å². The second-order valence-electron chi connectivity index (χ2n) is 4.51. The van der Waals surface area contributed by atoms with Crippen molar-refractivity contribution in [1.82, 2.24) is 0 Å². The molecule has 0 aromatic carbocycles. The quantitative estimate of drug-likeness (QED) is 0.350. The maximum atomic E-state index is 10.5. The highest BCUT2D eigenvalue weighted by molar-refractivity contribution is 5.80. The molecule has 4 heteroatoms. The van der Waals surface area contributed by atoms with Crippen molar-refractivity contribution in [2.75, 3.05) is 7.11 Å². The molecule has 0 rings (SSSR count). The normalized spacial score (nSPS) is 13.7. The Kier molecular flexibility index (Phi) is 11.4. The van der Waals surface area contributed by atoms with Gasteiger partial charge in [0, 0.05) is 0 Å². The van der Waals surface area contributed by atoms with Crippen molar-refractivity contribution >= 4 is 5.97 Å². The van der Waals surface area contributed by atoms with Gasteiger partial charge in [-0.05, 0) is 38.0 Å². The van der Waals surface area contributed by atoms with Gasteiger partial charge in [-0.2, -0.15) is 0 Å². The van der Waals surface area contributed by atoms with Crippen LogP contribution < -0.4 is 0 Å². The summed E-state index contributed by atoms with van der Waals surface area (Å²) in [5.41, 5.74) is 0.978. The second-order valence-corrected chi connectivity index (χ2v) is 4.51.